The van der Waals surface area contributed by atoms with Gasteiger partial charge in [0.2, 0.25) is 0 Å². The summed E-state index contributed by atoms with van der Waals surface area (Å²) in [5.41, 5.74) is 0.706. The number of nitrogens with zero attached hydrogens (tertiary/aromatic N) is 1. The van der Waals surface area contributed by atoms with Crippen LogP contribution >= 0.6 is 27.5 Å². The molecule has 0 aliphatic rings. The Balaban J connectivity index is 3.13. The van der Waals surface area contributed by atoms with Gasteiger partial charge in [0.05, 0.1) is 11.1 Å². The SMILES string of the molecule is CC(O)c1cc(Cl)cnc1Br. The van der Waals surface area contributed by atoms with Crippen LogP contribution in [0.5, 0.6) is 0 Å². The molecule has 1 heterocycles. The number of pyridine rings is 1. The van der Waals surface area contributed by atoms with E-state index in [4.69, 9.17) is 11.6 Å². The molecule has 1 rings (SSSR count). The van der Waals surface area contributed by atoms with E-state index in [1.165, 1.54) is 6.20 Å². The Hall–Kier alpha value is -0.120. The van der Waals surface area contributed by atoms with Crippen molar-refractivity contribution in [1.82, 2.24) is 4.98 Å². The molecule has 1 unspecified atom stereocenters. The number of aromatic nitrogens is 1. The molecule has 1 aromatic heterocycles. The summed E-state index contributed by atoms with van der Waals surface area (Å²) in [4.78, 5) is 3.92. The summed E-state index contributed by atoms with van der Waals surface area (Å²) in [5.74, 6) is 0. The molecule has 0 aromatic carbocycles. The lowest BCUT2D eigenvalue weighted by molar-refractivity contribution is 0.198. The lowest BCUT2D eigenvalue weighted by Gasteiger charge is -2.05. The van der Waals surface area contributed by atoms with Gasteiger partial charge in [0.25, 0.3) is 0 Å². The van der Waals surface area contributed by atoms with E-state index < -0.39 is 6.10 Å². The fourth-order valence-electron chi connectivity index (χ4n) is 0.731. The quantitative estimate of drug-likeness (QED) is 0.760. The predicted molar refractivity (Wildman–Crippen MR) is 47.6 cm³/mol. The van der Waals surface area contributed by atoms with Crippen LogP contribution in [0.25, 0.3) is 0 Å². The summed E-state index contributed by atoms with van der Waals surface area (Å²) in [5, 5.41) is 9.73. The Bertz CT molecular complexity index is 265. The minimum atomic E-state index is -0.546. The van der Waals surface area contributed by atoms with Crippen molar-refractivity contribution >= 4 is 27.5 Å². The molecule has 0 aliphatic heterocycles. The Morgan fingerprint density at radius 1 is 1.73 bits per heavy atom. The van der Waals surface area contributed by atoms with Gasteiger partial charge in [-0.1, -0.05) is 11.6 Å². The Morgan fingerprint density at radius 3 is 2.82 bits per heavy atom. The molecule has 0 saturated heterocycles. The van der Waals surface area contributed by atoms with E-state index in [0.717, 1.165) is 0 Å². The molecule has 0 radical (unpaired) electrons. The molecule has 0 aliphatic carbocycles. The van der Waals surface area contributed by atoms with Crippen LogP contribution in [0.3, 0.4) is 0 Å². The van der Waals surface area contributed by atoms with E-state index >= 15 is 0 Å². The van der Waals surface area contributed by atoms with E-state index in [1.54, 1.807) is 13.0 Å². The van der Waals surface area contributed by atoms with E-state index in [0.29, 0.717) is 15.2 Å². The van der Waals surface area contributed by atoms with Crippen LogP contribution in [0.4, 0.5) is 0 Å². The van der Waals surface area contributed by atoms with Crippen molar-refractivity contribution in [1.29, 1.82) is 0 Å². The van der Waals surface area contributed by atoms with Crippen molar-refractivity contribution in [3.63, 3.8) is 0 Å². The average molecular weight is 236 g/mol. The standard InChI is InChI=1S/C7H7BrClNO/c1-4(11)6-2-5(9)3-10-7(6)8/h2-4,11H,1H3. The molecule has 11 heavy (non-hydrogen) atoms. The number of aliphatic hydroxyl groups excluding tert-OH is 1. The molecule has 4 heteroatoms. The first kappa shape index (κ1) is 8.97. The van der Waals surface area contributed by atoms with Crippen LogP contribution in [0.15, 0.2) is 16.9 Å². The van der Waals surface area contributed by atoms with E-state index in [2.05, 4.69) is 20.9 Å². The minimum absolute atomic E-state index is 0.532. The highest BCUT2D eigenvalue weighted by atomic mass is 79.9. The van der Waals surface area contributed by atoms with Crippen molar-refractivity contribution in [2.75, 3.05) is 0 Å². The van der Waals surface area contributed by atoms with Gasteiger partial charge >= 0.3 is 0 Å². The van der Waals surface area contributed by atoms with Gasteiger partial charge in [0.15, 0.2) is 0 Å². The summed E-state index contributed by atoms with van der Waals surface area (Å²) in [6.07, 6.45) is 0.980. The molecular weight excluding hydrogens is 229 g/mol. The van der Waals surface area contributed by atoms with Crippen LogP contribution in [-0.4, -0.2) is 10.1 Å². The first-order valence-corrected chi connectivity index (χ1v) is 4.27. The lowest BCUT2D eigenvalue weighted by Crippen LogP contribution is -1.93. The van der Waals surface area contributed by atoms with Crippen LogP contribution in [-0.2, 0) is 0 Å². The molecule has 0 fully saturated rings. The number of halogens is 2. The highest BCUT2D eigenvalue weighted by molar-refractivity contribution is 9.10. The maximum absolute atomic E-state index is 9.20. The second kappa shape index (κ2) is 3.52. The summed E-state index contributed by atoms with van der Waals surface area (Å²) in [6, 6.07) is 1.68. The molecule has 0 saturated carbocycles. The van der Waals surface area contributed by atoms with Crippen LogP contribution < -0.4 is 0 Å². The molecule has 2 nitrogen and oxygen atoms in total. The van der Waals surface area contributed by atoms with E-state index in [9.17, 15) is 5.11 Å². The van der Waals surface area contributed by atoms with Crippen molar-refractivity contribution in [3.8, 4) is 0 Å². The second-order valence-electron chi connectivity index (χ2n) is 2.21. The van der Waals surface area contributed by atoms with Crippen LogP contribution in [0, 0.1) is 0 Å². The second-order valence-corrected chi connectivity index (χ2v) is 3.40. The van der Waals surface area contributed by atoms with Crippen molar-refractivity contribution < 1.29 is 5.11 Å². The third kappa shape index (κ3) is 2.15. The van der Waals surface area contributed by atoms with Gasteiger partial charge < -0.3 is 5.11 Å². The predicted octanol–water partition coefficient (Wildman–Crippen LogP) is 2.55. The van der Waals surface area contributed by atoms with Gasteiger partial charge in [0.1, 0.15) is 4.60 Å². The zero-order valence-electron chi connectivity index (χ0n) is 5.88. The first-order chi connectivity index (χ1) is 5.11. The third-order valence-electron chi connectivity index (χ3n) is 1.28. The number of rotatable bonds is 1. The molecule has 1 atom stereocenters. The Labute approximate surface area is 78.3 Å². The summed E-state index contributed by atoms with van der Waals surface area (Å²) < 4.78 is 0.636. The minimum Gasteiger partial charge on any atom is -0.389 e. The van der Waals surface area contributed by atoms with Gasteiger partial charge in [-0.3, -0.25) is 0 Å². The van der Waals surface area contributed by atoms with Gasteiger partial charge in [-0.15, -0.1) is 0 Å². The van der Waals surface area contributed by atoms with Gasteiger partial charge in [-0.2, -0.15) is 0 Å². The van der Waals surface area contributed by atoms with Gasteiger partial charge in [0, 0.05) is 11.8 Å². The lowest BCUT2D eigenvalue weighted by atomic mass is 10.2. The summed E-state index contributed by atoms with van der Waals surface area (Å²) in [6.45, 7) is 1.66. The normalized spacial score (nSPS) is 13.1. The molecule has 0 bridgehead atoms. The largest absolute Gasteiger partial charge is 0.389 e. The van der Waals surface area contributed by atoms with E-state index in [1.807, 2.05) is 0 Å². The van der Waals surface area contributed by atoms with Crippen molar-refractivity contribution in [2.24, 2.45) is 0 Å². The van der Waals surface area contributed by atoms with Crippen molar-refractivity contribution in [3.05, 3.63) is 27.5 Å². The molecule has 1 N–H and O–H groups in total. The van der Waals surface area contributed by atoms with Crippen LogP contribution in [0.1, 0.15) is 18.6 Å². The average Bonchev–Trinajstić information content (AvgIpc) is 1.94. The molecular formula is C7H7BrClNO. The Morgan fingerprint density at radius 2 is 2.36 bits per heavy atom. The summed E-state index contributed by atoms with van der Waals surface area (Å²) in [7, 11) is 0. The maximum Gasteiger partial charge on any atom is 0.111 e. The third-order valence-corrected chi connectivity index (χ3v) is 2.15. The molecule has 0 amide bonds. The zero-order valence-corrected chi connectivity index (χ0v) is 8.22. The van der Waals surface area contributed by atoms with Gasteiger partial charge in [-0.05, 0) is 28.9 Å². The highest BCUT2D eigenvalue weighted by Gasteiger charge is 2.06. The Kier molecular flexibility index (Phi) is 2.87. The monoisotopic (exact) mass is 235 g/mol. The zero-order chi connectivity index (χ0) is 8.43. The summed E-state index contributed by atoms with van der Waals surface area (Å²) >= 11 is 8.87. The fourth-order valence-corrected chi connectivity index (χ4v) is 1.45. The maximum atomic E-state index is 9.20. The highest BCUT2D eigenvalue weighted by Crippen LogP contribution is 2.23. The van der Waals surface area contributed by atoms with Crippen molar-refractivity contribution in [2.45, 2.75) is 13.0 Å². The van der Waals surface area contributed by atoms with Gasteiger partial charge in [-0.25, -0.2) is 4.98 Å². The molecule has 0 spiro atoms. The van der Waals surface area contributed by atoms with Crippen LogP contribution in [0.2, 0.25) is 5.02 Å². The fraction of sp³-hybridized carbons (Fsp3) is 0.286. The molecule has 1 aromatic rings. The number of hydrogen-bond donors (Lipinski definition) is 1. The first-order valence-electron chi connectivity index (χ1n) is 3.10. The number of aliphatic hydroxyl groups is 1. The number of hydrogen-bond acceptors (Lipinski definition) is 2. The van der Waals surface area contributed by atoms with E-state index in [-0.39, 0.29) is 0 Å². The topological polar surface area (TPSA) is 33.1 Å². The molecule has 60 valence electrons. The smallest absolute Gasteiger partial charge is 0.111 e.